The van der Waals surface area contributed by atoms with Gasteiger partial charge in [-0.05, 0) is 73.8 Å². The van der Waals surface area contributed by atoms with Crippen LogP contribution in [0.1, 0.15) is 44.9 Å². The number of hydrogen-bond donors (Lipinski definition) is 2. The second kappa shape index (κ2) is 8.09. The molecule has 2 N–H and O–H groups in total. The van der Waals surface area contributed by atoms with Crippen molar-refractivity contribution < 1.29 is 18.0 Å². The number of benzene rings is 1. The first-order chi connectivity index (χ1) is 13.8. The summed E-state index contributed by atoms with van der Waals surface area (Å²) in [6.07, 6.45) is 8.04. The lowest BCUT2D eigenvalue weighted by Gasteiger charge is -2.56. The maximum absolute atomic E-state index is 12.5. The van der Waals surface area contributed by atoms with Gasteiger partial charge in [0.2, 0.25) is 11.8 Å². The fourth-order valence-corrected chi connectivity index (χ4v) is 7.40. The predicted octanol–water partition coefficient (Wildman–Crippen LogP) is 2.30. The van der Waals surface area contributed by atoms with E-state index in [-0.39, 0.29) is 41.0 Å². The molecule has 0 aliphatic heterocycles. The zero-order valence-corrected chi connectivity index (χ0v) is 17.5. The van der Waals surface area contributed by atoms with Crippen LogP contribution in [0.4, 0.5) is 0 Å². The SMILES string of the molecule is O=C(CNC(=O)CC12CC3CC(CC(C3)C1)C2)NCCS(=O)(=O)c1ccccc1. The first-order valence-electron chi connectivity index (χ1n) is 10.6. The van der Waals surface area contributed by atoms with E-state index in [1.807, 2.05) is 0 Å². The Hall–Kier alpha value is -1.89. The van der Waals surface area contributed by atoms with Crippen LogP contribution in [-0.4, -0.2) is 39.1 Å². The summed E-state index contributed by atoms with van der Waals surface area (Å²) in [7, 11) is -3.42. The smallest absolute Gasteiger partial charge is 0.239 e. The fourth-order valence-electron chi connectivity index (χ4n) is 6.22. The normalized spacial score (nSPS) is 30.1. The third kappa shape index (κ3) is 4.82. The highest BCUT2D eigenvalue weighted by molar-refractivity contribution is 7.91. The van der Waals surface area contributed by atoms with Crippen molar-refractivity contribution >= 4 is 21.7 Å². The number of amides is 2. The molecule has 2 amide bonds. The molecule has 0 unspecified atom stereocenters. The van der Waals surface area contributed by atoms with E-state index in [4.69, 9.17) is 0 Å². The summed E-state index contributed by atoms with van der Waals surface area (Å²) < 4.78 is 24.4. The van der Waals surface area contributed by atoms with Gasteiger partial charge in [-0.15, -0.1) is 0 Å². The second-order valence-electron chi connectivity index (χ2n) is 9.35. The minimum Gasteiger partial charge on any atom is -0.354 e. The van der Waals surface area contributed by atoms with Crippen LogP contribution in [0.15, 0.2) is 35.2 Å². The maximum Gasteiger partial charge on any atom is 0.239 e. The van der Waals surface area contributed by atoms with Crippen molar-refractivity contribution in [1.82, 2.24) is 10.6 Å². The highest BCUT2D eigenvalue weighted by Crippen LogP contribution is 2.61. The van der Waals surface area contributed by atoms with Crippen molar-refractivity contribution in [2.75, 3.05) is 18.8 Å². The molecule has 1 aromatic carbocycles. The summed E-state index contributed by atoms with van der Waals surface area (Å²) >= 11 is 0. The quantitative estimate of drug-likeness (QED) is 0.678. The van der Waals surface area contributed by atoms with Gasteiger partial charge in [0.05, 0.1) is 17.2 Å². The Balaban J connectivity index is 1.19. The molecule has 0 spiro atoms. The highest BCUT2D eigenvalue weighted by Gasteiger charge is 2.51. The van der Waals surface area contributed by atoms with Crippen LogP contribution in [0.3, 0.4) is 0 Å². The van der Waals surface area contributed by atoms with Gasteiger partial charge in [-0.1, -0.05) is 18.2 Å². The van der Waals surface area contributed by atoms with Gasteiger partial charge in [0.1, 0.15) is 0 Å². The predicted molar refractivity (Wildman–Crippen MR) is 110 cm³/mol. The van der Waals surface area contributed by atoms with Gasteiger partial charge in [-0.25, -0.2) is 8.42 Å². The molecule has 4 aliphatic rings. The number of nitrogens with one attached hydrogen (secondary N) is 2. The monoisotopic (exact) mass is 418 g/mol. The Morgan fingerprint density at radius 3 is 2.07 bits per heavy atom. The molecule has 0 heterocycles. The Morgan fingerprint density at radius 1 is 0.897 bits per heavy atom. The van der Waals surface area contributed by atoms with Crippen LogP contribution in [-0.2, 0) is 19.4 Å². The van der Waals surface area contributed by atoms with Crippen molar-refractivity contribution in [2.45, 2.75) is 49.8 Å². The fraction of sp³-hybridized carbons (Fsp3) is 0.636. The molecule has 4 fully saturated rings. The highest BCUT2D eigenvalue weighted by atomic mass is 32.2. The van der Waals surface area contributed by atoms with E-state index < -0.39 is 9.84 Å². The molecule has 0 aromatic heterocycles. The lowest BCUT2D eigenvalue weighted by Crippen LogP contribution is -2.48. The van der Waals surface area contributed by atoms with Gasteiger partial charge in [0.25, 0.3) is 0 Å². The minimum atomic E-state index is -3.42. The molecule has 0 radical (unpaired) electrons. The molecule has 7 heteroatoms. The Kier molecular flexibility index (Phi) is 5.69. The first-order valence-corrected chi connectivity index (χ1v) is 12.3. The van der Waals surface area contributed by atoms with Gasteiger partial charge < -0.3 is 10.6 Å². The van der Waals surface area contributed by atoms with Crippen LogP contribution < -0.4 is 10.6 Å². The van der Waals surface area contributed by atoms with Gasteiger partial charge in [0.15, 0.2) is 9.84 Å². The van der Waals surface area contributed by atoms with Crippen molar-refractivity contribution in [3.8, 4) is 0 Å². The number of sulfone groups is 1. The standard InChI is InChI=1S/C22H30N2O4S/c25-20(14-22-11-16-8-17(12-22)10-18(9-16)13-22)24-15-21(26)23-6-7-29(27,28)19-4-2-1-3-5-19/h1-5,16-18H,6-15H2,(H,23,26)(H,24,25). The minimum absolute atomic E-state index is 0.0287. The van der Waals surface area contributed by atoms with E-state index in [0.29, 0.717) is 6.42 Å². The van der Waals surface area contributed by atoms with E-state index in [1.54, 1.807) is 30.3 Å². The largest absolute Gasteiger partial charge is 0.354 e. The Bertz CT molecular complexity index is 831. The summed E-state index contributed by atoms with van der Waals surface area (Å²) in [6.45, 7) is -0.0719. The molecule has 4 bridgehead atoms. The molecular formula is C22H30N2O4S. The summed E-state index contributed by atoms with van der Waals surface area (Å²) in [6, 6.07) is 8.19. The topological polar surface area (TPSA) is 92.3 Å². The maximum atomic E-state index is 12.5. The molecule has 4 aliphatic carbocycles. The number of carbonyl (C=O) groups excluding carboxylic acids is 2. The average molecular weight is 419 g/mol. The molecule has 0 saturated heterocycles. The van der Waals surface area contributed by atoms with Gasteiger partial charge >= 0.3 is 0 Å². The Labute approximate surface area is 172 Å². The third-order valence-corrected chi connectivity index (χ3v) is 8.67. The molecule has 158 valence electrons. The zero-order valence-electron chi connectivity index (χ0n) is 16.7. The zero-order chi connectivity index (χ0) is 20.5. The molecule has 6 nitrogen and oxygen atoms in total. The van der Waals surface area contributed by atoms with Gasteiger partial charge in [-0.2, -0.15) is 0 Å². The van der Waals surface area contributed by atoms with E-state index in [0.717, 1.165) is 37.0 Å². The van der Waals surface area contributed by atoms with E-state index in [1.165, 1.54) is 19.3 Å². The lowest BCUT2D eigenvalue weighted by atomic mass is 9.49. The molecule has 0 atom stereocenters. The van der Waals surface area contributed by atoms with Crippen LogP contribution in [0.2, 0.25) is 0 Å². The lowest BCUT2D eigenvalue weighted by molar-refractivity contribution is -0.131. The van der Waals surface area contributed by atoms with Crippen LogP contribution in [0.25, 0.3) is 0 Å². The average Bonchev–Trinajstić information content (AvgIpc) is 2.65. The number of rotatable bonds is 8. The van der Waals surface area contributed by atoms with Crippen LogP contribution >= 0.6 is 0 Å². The first kappa shape index (κ1) is 20.4. The number of hydrogen-bond acceptors (Lipinski definition) is 4. The summed E-state index contributed by atoms with van der Waals surface area (Å²) in [4.78, 5) is 24.7. The van der Waals surface area contributed by atoms with Gasteiger partial charge in [0, 0.05) is 13.0 Å². The summed E-state index contributed by atoms with van der Waals surface area (Å²) in [5.74, 6) is 1.81. The summed E-state index contributed by atoms with van der Waals surface area (Å²) in [5.41, 5.74) is 0.152. The molecule has 1 aromatic rings. The van der Waals surface area contributed by atoms with Crippen molar-refractivity contribution in [3.63, 3.8) is 0 Å². The molecule has 29 heavy (non-hydrogen) atoms. The Morgan fingerprint density at radius 2 is 1.48 bits per heavy atom. The van der Waals surface area contributed by atoms with Crippen molar-refractivity contribution in [1.29, 1.82) is 0 Å². The van der Waals surface area contributed by atoms with Gasteiger partial charge in [-0.3, -0.25) is 9.59 Å². The van der Waals surface area contributed by atoms with Crippen LogP contribution in [0, 0.1) is 23.2 Å². The number of carbonyl (C=O) groups is 2. The molecular weight excluding hydrogens is 388 g/mol. The third-order valence-electron chi connectivity index (χ3n) is 6.94. The van der Waals surface area contributed by atoms with E-state index in [9.17, 15) is 18.0 Å². The van der Waals surface area contributed by atoms with E-state index in [2.05, 4.69) is 10.6 Å². The second-order valence-corrected chi connectivity index (χ2v) is 11.5. The van der Waals surface area contributed by atoms with E-state index >= 15 is 0 Å². The van der Waals surface area contributed by atoms with Crippen molar-refractivity contribution in [2.24, 2.45) is 23.2 Å². The molecule has 4 saturated carbocycles. The van der Waals surface area contributed by atoms with Crippen LogP contribution in [0.5, 0.6) is 0 Å². The van der Waals surface area contributed by atoms with Crippen molar-refractivity contribution in [3.05, 3.63) is 30.3 Å². The molecule has 5 rings (SSSR count). The summed E-state index contributed by atoms with van der Waals surface area (Å²) in [5, 5.41) is 5.33.